The summed E-state index contributed by atoms with van der Waals surface area (Å²) in [7, 11) is 1.65. The third-order valence-electron chi connectivity index (χ3n) is 5.27. The van der Waals surface area contributed by atoms with Crippen LogP contribution in [0.1, 0.15) is 5.56 Å². The molecular weight excluding hydrogens is 390 g/mol. The smallest absolute Gasteiger partial charge is 0.161 e. The number of rotatable bonds is 11. The number of nitrogens with zero attached hydrogens (tertiary/aromatic N) is 2. The van der Waals surface area contributed by atoms with Gasteiger partial charge in [0.2, 0.25) is 0 Å². The Kier molecular flexibility index (Phi) is 9.85. The largest absolute Gasteiger partial charge is 0.493 e. The van der Waals surface area contributed by atoms with E-state index in [0.29, 0.717) is 18.0 Å². The number of ether oxygens (including phenoxy) is 3. The Labute approximate surface area is 178 Å². The van der Waals surface area contributed by atoms with Crippen LogP contribution in [0.5, 0.6) is 11.5 Å². The lowest BCUT2D eigenvalue weighted by Crippen LogP contribution is -2.40. The summed E-state index contributed by atoms with van der Waals surface area (Å²) in [6.07, 6.45) is -0.496. The molecular formula is C21H35N3O4S. The second-order valence-electron chi connectivity index (χ2n) is 7.49. The van der Waals surface area contributed by atoms with Gasteiger partial charge in [-0.3, -0.25) is 9.80 Å². The first-order chi connectivity index (χ1) is 14.2. The molecule has 0 amide bonds. The minimum atomic E-state index is -0.496. The topological polar surface area (TPSA) is 66.4 Å². The van der Waals surface area contributed by atoms with Crippen molar-refractivity contribution in [3.05, 3.63) is 23.8 Å². The summed E-state index contributed by atoms with van der Waals surface area (Å²) < 4.78 is 16.7. The number of aliphatic hydroxyl groups is 1. The standard InChI is InChI=1S/C21H35N3O4S/c1-26-21-14-18(15-22-4-5-23-6-10-27-11-7-23)2-3-20(21)28-17-19(25)16-24-8-12-29-13-9-24/h2-3,14,19,22,25H,4-13,15-17H2,1H3. The first-order valence-electron chi connectivity index (χ1n) is 10.5. The van der Waals surface area contributed by atoms with Gasteiger partial charge in [-0.15, -0.1) is 0 Å². The molecule has 0 aromatic heterocycles. The maximum Gasteiger partial charge on any atom is 0.161 e. The van der Waals surface area contributed by atoms with Crippen molar-refractivity contribution in [2.45, 2.75) is 12.6 Å². The lowest BCUT2D eigenvalue weighted by molar-refractivity contribution is 0.0384. The van der Waals surface area contributed by atoms with Gasteiger partial charge in [-0.05, 0) is 17.7 Å². The summed E-state index contributed by atoms with van der Waals surface area (Å²) >= 11 is 1.97. The highest BCUT2D eigenvalue weighted by molar-refractivity contribution is 7.99. The zero-order valence-electron chi connectivity index (χ0n) is 17.5. The monoisotopic (exact) mass is 425 g/mol. The molecule has 2 saturated heterocycles. The van der Waals surface area contributed by atoms with Crippen molar-refractivity contribution in [2.24, 2.45) is 0 Å². The van der Waals surface area contributed by atoms with E-state index in [2.05, 4.69) is 15.1 Å². The number of aliphatic hydroxyl groups excluding tert-OH is 1. The third-order valence-corrected chi connectivity index (χ3v) is 6.21. The maximum absolute atomic E-state index is 10.3. The van der Waals surface area contributed by atoms with E-state index in [9.17, 15) is 5.11 Å². The van der Waals surface area contributed by atoms with Crippen LogP contribution in [0.25, 0.3) is 0 Å². The molecule has 1 atom stereocenters. The van der Waals surface area contributed by atoms with Crippen LogP contribution >= 0.6 is 11.8 Å². The minimum Gasteiger partial charge on any atom is -0.493 e. The number of benzene rings is 1. The zero-order valence-corrected chi connectivity index (χ0v) is 18.3. The van der Waals surface area contributed by atoms with Crippen LogP contribution in [0, 0.1) is 0 Å². The van der Waals surface area contributed by atoms with Crippen LogP contribution in [-0.4, -0.2) is 105 Å². The van der Waals surface area contributed by atoms with Gasteiger partial charge in [0.1, 0.15) is 12.7 Å². The minimum absolute atomic E-state index is 0.275. The number of morpholine rings is 1. The van der Waals surface area contributed by atoms with Gasteiger partial charge >= 0.3 is 0 Å². The first-order valence-corrected chi connectivity index (χ1v) is 11.7. The predicted molar refractivity (Wildman–Crippen MR) is 117 cm³/mol. The van der Waals surface area contributed by atoms with E-state index >= 15 is 0 Å². The molecule has 1 unspecified atom stereocenters. The molecule has 2 fully saturated rings. The van der Waals surface area contributed by atoms with Crippen LogP contribution in [0.4, 0.5) is 0 Å². The Balaban J connectivity index is 1.39. The molecule has 2 aliphatic heterocycles. The second kappa shape index (κ2) is 12.6. The molecule has 0 spiro atoms. The molecule has 7 nitrogen and oxygen atoms in total. The van der Waals surface area contributed by atoms with E-state index in [1.807, 2.05) is 30.0 Å². The fraction of sp³-hybridized carbons (Fsp3) is 0.714. The molecule has 2 aliphatic rings. The molecule has 2 N–H and O–H groups in total. The van der Waals surface area contributed by atoms with Gasteiger partial charge in [-0.25, -0.2) is 0 Å². The summed E-state index contributed by atoms with van der Waals surface area (Å²) in [4.78, 5) is 4.72. The SMILES string of the molecule is COc1cc(CNCCN2CCOCC2)ccc1OCC(O)CN1CCSCC1. The number of hydrogen-bond donors (Lipinski definition) is 2. The average molecular weight is 426 g/mol. The Bertz CT molecular complexity index is 595. The van der Waals surface area contributed by atoms with Crippen molar-refractivity contribution >= 4 is 11.8 Å². The van der Waals surface area contributed by atoms with Crippen molar-refractivity contribution in [1.29, 1.82) is 0 Å². The van der Waals surface area contributed by atoms with E-state index in [1.165, 1.54) is 0 Å². The highest BCUT2D eigenvalue weighted by Gasteiger charge is 2.16. The second-order valence-corrected chi connectivity index (χ2v) is 8.72. The Hall–Kier alpha value is -1.03. The third kappa shape index (κ3) is 7.96. The highest BCUT2D eigenvalue weighted by Crippen LogP contribution is 2.28. The Morgan fingerprint density at radius 1 is 1.14 bits per heavy atom. The molecule has 1 aromatic carbocycles. The molecule has 0 aliphatic carbocycles. The van der Waals surface area contributed by atoms with Crippen LogP contribution in [0.15, 0.2) is 18.2 Å². The maximum atomic E-state index is 10.3. The molecule has 0 radical (unpaired) electrons. The van der Waals surface area contributed by atoms with E-state index in [1.54, 1.807) is 7.11 Å². The molecule has 2 heterocycles. The fourth-order valence-electron chi connectivity index (χ4n) is 3.56. The predicted octanol–water partition coefficient (Wildman–Crippen LogP) is 0.906. The van der Waals surface area contributed by atoms with Crippen LogP contribution in [-0.2, 0) is 11.3 Å². The molecule has 1 aromatic rings. The summed E-state index contributed by atoms with van der Waals surface area (Å²) in [6.45, 7) is 9.50. The van der Waals surface area contributed by atoms with Crippen LogP contribution in [0.2, 0.25) is 0 Å². The summed E-state index contributed by atoms with van der Waals surface area (Å²) in [6, 6.07) is 5.99. The van der Waals surface area contributed by atoms with Crippen LogP contribution in [0.3, 0.4) is 0 Å². The molecule has 29 heavy (non-hydrogen) atoms. The van der Waals surface area contributed by atoms with Gasteiger partial charge in [0.05, 0.1) is 20.3 Å². The van der Waals surface area contributed by atoms with Gasteiger partial charge in [-0.1, -0.05) is 6.07 Å². The summed E-state index contributed by atoms with van der Waals surface area (Å²) in [5.74, 6) is 3.67. The van der Waals surface area contributed by atoms with Gasteiger partial charge in [0.15, 0.2) is 11.5 Å². The van der Waals surface area contributed by atoms with Crippen molar-refractivity contribution in [2.75, 3.05) is 84.2 Å². The van der Waals surface area contributed by atoms with Crippen molar-refractivity contribution in [3.8, 4) is 11.5 Å². The fourth-order valence-corrected chi connectivity index (χ4v) is 4.54. The van der Waals surface area contributed by atoms with E-state index in [-0.39, 0.29) is 6.61 Å². The molecule has 0 bridgehead atoms. The Morgan fingerprint density at radius 3 is 2.69 bits per heavy atom. The summed E-state index contributed by atoms with van der Waals surface area (Å²) in [5.41, 5.74) is 1.16. The van der Waals surface area contributed by atoms with Crippen molar-refractivity contribution in [1.82, 2.24) is 15.1 Å². The molecule has 0 saturated carbocycles. The number of thioether (sulfide) groups is 1. The summed E-state index contributed by atoms with van der Waals surface area (Å²) in [5, 5.41) is 13.8. The highest BCUT2D eigenvalue weighted by atomic mass is 32.2. The number of β-amino-alcohol motifs (C(OH)–C–C–N with tert-alkyl or cyclic N) is 1. The molecule has 3 rings (SSSR count). The molecule has 164 valence electrons. The number of methoxy groups -OCH3 is 1. The average Bonchev–Trinajstić information content (AvgIpc) is 2.77. The van der Waals surface area contributed by atoms with Crippen LogP contribution < -0.4 is 14.8 Å². The van der Waals surface area contributed by atoms with Gasteiger partial charge in [0.25, 0.3) is 0 Å². The van der Waals surface area contributed by atoms with E-state index in [0.717, 1.165) is 76.1 Å². The number of hydrogen-bond acceptors (Lipinski definition) is 8. The van der Waals surface area contributed by atoms with Gasteiger partial charge < -0.3 is 24.6 Å². The van der Waals surface area contributed by atoms with E-state index in [4.69, 9.17) is 14.2 Å². The van der Waals surface area contributed by atoms with Crippen molar-refractivity contribution < 1.29 is 19.3 Å². The van der Waals surface area contributed by atoms with Gasteiger partial charge in [0, 0.05) is 63.9 Å². The van der Waals surface area contributed by atoms with E-state index < -0.39 is 6.10 Å². The first kappa shape index (κ1) is 22.7. The zero-order chi connectivity index (χ0) is 20.3. The normalized spacial score (nSPS) is 19.8. The quantitative estimate of drug-likeness (QED) is 0.507. The molecule has 8 heteroatoms. The van der Waals surface area contributed by atoms with Gasteiger partial charge in [-0.2, -0.15) is 11.8 Å². The van der Waals surface area contributed by atoms with Crippen molar-refractivity contribution in [3.63, 3.8) is 0 Å². The lowest BCUT2D eigenvalue weighted by atomic mass is 10.2. The Morgan fingerprint density at radius 2 is 1.93 bits per heavy atom. The number of nitrogens with one attached hydrogen (secondary N) is 1. The lowest BCUT2D eigenvalue weighted by Gasteiger charge is -2.28.